The molecule has 2 aromatic carbocycles. The normalized spacial score (nSPS) is 11.1. The maximum absolute atomic E-state index is 13.5. The Bertz CT molecular complexity index is 1150. The quantitative estimate of drug-likeness (QED) is 0.352. The number of furan rings is 1. The van der Waals surface area contributed by atoms with Gasteiger partial charge in [-0.3, -0.25) is 9.10 Å². The number of thioether (sulfide) groups is 1. The Labute approximate surface area is 204 Å². The number of sulfonamides is 1. The van der Waals surface area contributed by atoms with Crippen molar-refractivity contribution in [3.63, 3.8) is 0 Å². The molecule has 0 bridgehead atoms. The summed E-state index contributed by atoms with van der Waals surface area (Å²) in [5, 5.41) is 2.81. The standard InChI is InChI=1S/C24H28N2O6S2/c1-30-19-11-12-23(31-2)22(16-19)26(34(28,29)21-9-4-3-5-10-21)17-24(27)25-13-7-15-33-18-20-8-6-14-32-20/h3-6,8-12,14,16H,7,13,15,17-18H2,1-2H3,(H,25,27). The number of carbonyl (C=O) groups excluding carboxylic acids is 1. The third-order valence-corrected chi connectivity index (χ3v) is 7.73. The molecule has 3 rings (SSSR count). The van der Waals surface area contributed by atoms with Gasteiger partial charge in [0.05, 0.1) is 36.8 Å². The van der Waals surface area contributed by atoms with Crippen LogP contribution in [0.2, 0.25) is 0 Å². The van der Waals surface area contributed by atoms with Gasteiger partial charge >= 0.3 is 0 Å². The zero-order valence-corrected chi connectivity index (χ0v) is 20.7. The minimum absolute atomic E-state index is 0.0713. The number of amides is 1. The van der Waals surface area contributed by atoms with Crippen LogP contribution in [0.15, 0.2) is 76.2 Å². The van der Waals surface area contributed by atoms with Crippen molar-refractivity contribution in [1.29, 1.82) is 0 Å². The average Bonchev–Trinajstić information content (AvgIpc) is 3.38. The highest BCUT2D eigenvalue weighted by Crippen LogP contribution is 2.35. The van der Waals surface area contributed by atoms with Gasteiger partial charge in [0, 0.05) is 12.6 Å². The van der Waals surface area contributed by atoms with Crippen LogP contribution in [0.4, 0.5) is 5.69 Å². The SMILES string of the molecule is COc1ccc(OC)c(N(CC(=O)NCCCSCc2ccco2)S(=O)(=O)c2ccccc2)c1. The number of hydrogen-bond acceptors (Lipinski definition) is 7. The summed E-state index contributed by atoms with van der Waals surface area (Å²) >= 11 is 1.70. The first-order valence-corrected chi connectivity index (χ1v) is 13.2. The van der Waals surface area contributed by atoms with Gasteiger partial charge < -0.3 is 19.2 Å². The molecule has 0 aliphatic carbocycles. The van der Waals surface area contributed by atoms with E-state index in [2.05, 4.69) is 5.32 Å². The van der Waals surface area contributed by atoms with Crippen LogP contribution in [0.1, 0.15) is 12.2 Å². The fourth-order valence-corrected chi connectivity index (χ4v) is 5.47. The summed E-state index contributed by atoms with van der Waals surface area (Å²) in [6, 6.07) is 16.6. The van der Waals surface area contributed by atoms with Gasteiger partial charge in [0.15, 0.2) is 0 Å². The lowest BCUT2D eigenvalue weighted by Gasteiger charge is -2.26. The van der Waals surface area contributed by atoms with Crippen molar-refractivity contribution in [2.75, 3.05) is 37.4 Å². The second-order valence-corrected chi connectivity index (χ2v) is 10.2. The largest absolute Gasteiger partial charge is 0.497 e. The second kappa shape index (κ2) is 12.4. The zero-order valence-electron chi connectivity index (χ0n) is 19.1. The number of rotatable bonds is 13. The van der Waals surface area contributed by atoms with Gasteiger partial charge in [-0.2, -0.15) is 11.8 Å². The predicted molar refractivity (Wildman–Crippen MR) is 133 cm³/mol. The molecule has 0 atom stereocenters. The van der Waals surface area contributed by atoms with E-state index in [1.54, 1.807) is 48.4 Å². The topological polar surface area (TPSA) is 98.1 Å². The Hall–Kier alpha value is -3.11. The minimum Gasteiger partial charge on any atom is -0.497 e. The van der Waals surface area contributed by atoms with Gasteiger partial charge in [0.25, 0.3) is 10.0 Å². The first-order chi connectivity index (χ1) is 16.5. The molecule has 0 aliphatic heterocycles. The smallest absolute Gasteiger partial charge is 0.264 e. The lowest BCUT2D eigenvalue weighted by Crippen LogP contribution is -2.41. The molecule has 1 N–H and O–H groups in total. The Morgan fingerprint density at radius 3 is 2.53 bits per heavy atom. The molecular formula is C24H28N2O6S2. The number of ether oxygens (including phenoxy) is 2. The third-order valence-electron chi connectivity index (χ3n) is 4.89. The summed E-state index contributed by atoms with van der Waals surface area (Å²) < 4.78 is 44.0. The zero-order chi connectivity index (χ0) is 24.4. The van der Waals surface area contributed by atoms with Gasteiger partial charge in [-0.1, -0.05) is 18.2 Å². The molecule has 1 aromatic heterocycles. The van der Waals surface area contributed by atoms with E-state index in [1.807, 2.05) is 12.1 Å². The van der Waals surface area contributed by atoms with Crippen LogP contribution in [0, 0.1) is 0 Å². The van der Waals surface area contributed by atoms with Crippen LogP contribution in [0.3, 0.4) is 0 Å². The molecule has 8 nitrogen and oxygen atoms in total. The average molecular weight is 505 g/mol. The van der Waals surface area contributed by atoms with E-state index >= 15 is 0 Å². The van der Waals surface area contributed by atoms with Gasteiger partial charge in [0.2, 0.25) is 5.91 Å². The molecule has 1 amide bonds. The maximum atomic E-state index is 13.5. The van der Waals surface area contributed by atoms with E-state index in [4.69, 9.17) is 13.9 Å². The Balaban J connectivity index is 1.71. The highest BCUT2D eigenvalue weighted by atomic mass is 32.2. The van der Waals surface area contributed by atoms with Crippen LogP contribution in [0.5, 0.6) is 11.5 Å². The molecular weight excluding hydrogens is 476 g/mol. The van der Waals surface area contributed by atoms with E-state index in [0.29, 0.717) is 18.0 Å². The van der Waals surface area contributed by atoms with E-state index in [1.165, 1.54) is 32.4 Å². The fraction of sp³-hybridized carbons (Fsp3) is 0.292. The third kappa shape index (κ3) is 6.71. The van der Waals surface area contributed by atoms with Crippen molar-refractivity contribution in [3.8, 4) is 11.5 Å². The Kier molecular flexibility index (Phi) is 9.29. The molecule has 0 saturated carbocycles. The molecule has 10 heteroatoms. The molecule has 0 fully saturated rings. The Morgan fingerprint density at radius 1 is 1.06 bits per heavy atom. The minimum atomic E-state index is -4.05. The van der Waals surface area contributed by atoms with Crippen LogP contribution < -0.4 is 19.1 Å². The van der Waals surface area contributed by atoms with E-state index in [9.17, 15) is 13.2 Å². The number of carbonyl (C=O) groups is 1. The fourth-order valence-electron chi connectivity index (χ4n) is 3.17. The number of nitrogens with one attached hydrogen (secondary N) is 1. The summed E-state index contributed by atoms with van der Waals surface area (Å²) in [6.45, 7) is 0.0265. The summed E-state index contributed by atoms with van der Waals surface area (Å²) in [5.74, 6) is 2.83. The molecule has 182 valence electrons. The van der Waals surface area contributed by atoms with E-state index in [-0.39, 0.29) is 10.6 Å². The first kappa shape index (κ1) is 25.5. The summed E-state index contributed by atoms with van der Waals surface area (Å²) in [7, 11) is -1.12. The summed E-state index contributed by atoms with van der Waals surface area (Å²) in [5.41, 5.74) is 0.217. The van der Waals surface area contributed by atoms with Crippen molar-refractivity contribution < 1.29 is 27.1 Å². The predicted octanol–water partition coefficient (Wildman–Crippen LogP) is 3.93. The van der Waals surface area contributed by atoms with Crippen molar-refractivity contribution in [2.45, 2.75) is 17.1 Å². The van der Waals surface area contributed by atoms with Gasteiger partial charge in [0.1, 0.15) is 23.8 Å². The van der Waals surface area contributed by atoms with Crippen LogP contribution >= 0.6 is 11.8 Å². The Morgan fingerprint density at radius 2 is 1.85 bits per heavy atom. The molecule has 0 radical (unpaired) electrons. The van der Waals surface area contributed by atoms with Gasteiger partial charge in [-0.05, 0) is 48.6 Å². The lowest BCUT2D eigenvalue weighted by atomic mass is 10.2. The van der Waals surface area contributed by atoms with Crippen LogP contribution in [-0.2, 0) is 20.6 Å². The molecule has 0 spiro atoms. The van der Waals surface area contributed by atoms with Crippen LogP contribution in [-0.4, -0.2) is 47.4 Å². The van der Waals surface area contributed by atoms with E-state index in [0.717, 1.165) is 28.0 Å². The molecule has 3 aromatic rings. The van der Waals surface area contributed by atoms with Crippen molar-refractivity contribution in [1.82, 2.24) is 5.32 Å². The summed E-state index contributed by atoms with van der Waals surface area (Å²) in [4.78, 5) is 12.8. The number of benzene rings is 2. The molecule has 0 aliphatic rings. The molecule has 0 saturated heterocycles. The van der Waals surface area contributed by atoms with Crippen molar-refractivity contribution in [2.24, 2.45) is 0 Å². The van der Waals surface area contributed by atoms with E-state index < -0.39 is 22.5 Å². The van der Waals surface area contributed by atoms with Crippen molar-refractivity contribution >= 4 is 33.4 Å². The van der Waals surface area contributed by atoms with Crippen LogP contribution in [0.25, 0.3) is 0 Å². The van der Waals surface area contributed by atoms with Crippen molar-refractivity contribution in [3.05, 3.63) is 72.7 Å². The first-order valence-electron chi connectivity index (χ1n) is 10.6. The van der Waals surface area contributed by atoms with Gasteiger partial charge in [-0.15, -0.1) is 0 Å². The number of anilines is 1. The summed E-state index contributed by atoms with van der Waals surface area (Å²) in [6.07, 6.45) is 2.38. The number of methoxy groups -OCH3 is 2. The number of hydrogen-bond donors (Lipinski definition) is 1. The molecule has 0 unspecified atom stereocenters. The number of nitrogens with zero attached hydrogens (tertiary/aromatic N) is 1. The molecule has 1 heterocycles. The van der Waals surface area contributed by atoms with Gasteiger partial charge in [-0.25, -0.2) is 8.42 Å². The highest BCUT2D eigenvalue weighted by molar-refractivity contribution is 7.98. The monoisotopic (exact) mass is 504 g/mol. The maximum Gasteiger partial charge on any atom is 0.264 e. The highest BCUT2D eigenvalue weighted by Gasteiger charge is 2.29. The molecule has 34 heavy (non-hydrogen) atoms. The second-order valence-electron chi connectivity index (χ2n) is 7.20. The lowest BCUT2D eigenvalue weighted by molar-refractivity contribution is -0.119.